The fourth-order valence-electron chi connectivity index (χ4n) is 3.19. The maximum absolute atomic E-state index is 12.1. The fourth-order valence-corrected chi connectivity index (χ4v) is 4.12. The zero-order chi connectivity index (χ0) is 20.5. The summed E-state index contributed by atoms with van der Waals surface area (Å²) in [4.78, 5) is 27.2. The maximum atomic E-state index is 12.1. The van der Waals surface area contributed by atoms with E-state index >= 15 is 0 Å². The van der Waals surface area contributed by atoms with Crippen LogP contribution in [-0.4, -0.2) is 61.2 Å². The number of thioether (sulfide) groups is 1. The number of hydrogen-bond acceptors (Lipinski definition) is 4. The van der Waals surface area contributed by atoms with E-state index in [0.29, 0.717) is 31.9 Å². The third-order valence-electron chi connectivity index (χ3n) is 5.08. The molecule has 2 amide bonds. The Hall–Kier alpha value is -2.47. The Balaban J connectivity index is 0.000000220. The van der Waals surface area contributed by atoms with Gasteiger partial charge in [-0.3, -0.25) is 9.59 Å². The second kappa shape index (κ2) is 10.9. The molecule has 5 nitrogen and oxygen atoms in total. The molecule has 0 bridgehead atoms. The molecule has 0 radical (unpaired) electrons. The number of hydrogen-bond donors (Lipinski definition) is 0. The van der Waals surface area contributed by atoms with Crippen molar-refractivity contribution in [2.75, 3.05) is 39.0 Å². The number of nitrogens with zero attached hydrogens (tertiary/aromatic N) is 2. The van der Waals surface area contributed by atoms with Crippen LogP contribution in [0.3, 0.4) is 0 Å². The highest BCUT2D eigenvalue weighted by molar-refractivity contribution is 8.00. The lowest BCUT2D eigenvalue weighted by Crippen LogP contribution is -2.48. The number of ether oxygens (including phenoxy) is 1. The molecule has 2 aromatic carbocycles. The summed E-state index contributed by atoms with van der Waals surface area (Å²) in [5.41, 5.74) is 1.53. The van der Waals surface area contributed by atoms with E-state index in [9.17, 15) is 9.59 Å². The van der Waals surface area contributed by atoms with Crippen LogP contribution in [0.25, 0.3) is 0 Å². The van der Waals surface area contributed by atoms with Crippen molar-refractivity contribution < 1.29 is 14.3 Å². The Kier molecular flexibility index (Phi) is 7.99. The molecule has 0 atom stereocenters. The molecule has 29 heavy (non-hydrogen) atoms. The molecule has 0 N–H and O–H groups in total. The van der Waals surface area contributed by atoms with Crippen molar-refractivity contribution in [3.63, 3.8) is 0 Å². The normalized spacial score (nSPS) is 15.9. The van der Waals surface area contributed by atoms with E-state index in [1.54, 1.807) is 12.0 Å². The Morgan fingerprint density at radius 2 is 1.69 bits per heavy atom. The number of carbonyl (C=O) groups is 2. The average molecular weight is 413 g/mol. The number of methoxy groups -OCH3 is 1. The van der Waals surface area contributed by atoms with Gasteiger partial charge in [-0.15, -0.1) is 11.8 Å². The summed E-state index contributed by atoms with van der Waals surface area (Å²) in [6.07, 6.45) is 3.65. The van der Waals surface area contributed by atoms with Crippen LogP contribution < -0.4 is 4.74 Å². The molecular formula is C23H28N2O3S. The zero-order valence-corrected chi connectivity index (χ0v) is 17.6. The lowest BCUT2D eigenvalue weighted by molar-refractivity contribution is -0.132. The smallest absolute Gasteiger partial charge is 0.233 e. The molecular weight excluding hydrogens is 384 g/mol. The van der Waals surface area contributed by atoms with Gasteiger partial charge in [-0.1, -0.05) is 42.5 Å². The fraction of sp³-hybridized carbons (Fsp3) is 0.391. The third kappa shape index (κ3) is 6.53. The SMILES string of the molecule is COc1ccccc1SCC(=O)N1CCN(C=O)CC1.c1ccc(C2CC2)cc1. The number of para-hydroxylation sites is 1. The van der Waals surface area contributed by atoms with E-state index in [0.717, 1.165) is 23.0 Å². The molecule has 1 aliphatic carbocycles. The molecule has 1 heterocycles. The first-order chi connectivity index (χ1) is 14.2. The lowest BCUT2D eigenvalue weighted by atomic mass is 10.1. The van der Waals surface area contributed by atoms with Gasteiger partial charge >= 0.3 is 0 Å². The Morgan fingerprint density at radius 1 is 1.03 bits per heavy atom. The largest absolute Gasteiger partial charge is 0.496 e. The molecule has 1 aliphatic heterocycles. The molecule has 1 saturated carbocycles. The second-order valence-corrected chi connectivity index (χ2v) is 8.16. The Bertz CT molecular complexity index is 788. The van der Waals surface area contributed by atoms with Crippen LogP contribution in [-0.2, 0) is 9.59 Å². The van der Waals surface area contributed by atoms with Crippen molar-refractivity contribution in [3.8, 4) is 5.75 Å². The van der Waals surface area contributed by atoms with Gasteiger partial charge in [0.2, 0.25) is 12.3 Å². The van der Waals surface area contributed by atoms with E-state index in [2.05, 4.69) is 30.3 Å². The maximum Gasteiger partial charge on any atom is 0.233 e. The van der Waals surface area contributed by atoms with E-state index in [1.807, 2.05) is 29.2 Å². The van der Waals surface area contributed by atoms with Gasteiger partial charge in [-0.05, 0) is 36.5 Å². The van der Waals surface area contributed by atoms with Crippen molar-refractivity contribution in [3.05, 3.63) is 60.2 Å². The van der Waals surface area contributed by atoms with Crippen molar-refractivity contribution in [1.82, 2.24) is 9.80 Å². The van der Waals surface area contributed by atoms with Gasteiger partial charge in [0.05, 0.1) is 12.9 Å². The van der Waals surface area contributed by atoms with Crippen molar-refractivity contribution >= 4 is 24.1 Å². The minimum Gasteiger partial charge on any atom is -0.496 e. The highest BCUT2D eigenvalue weighted by Gasteiger charge is 2.22. The predicted octanol–water partition coefficient (Wildman–Crippen LogP) is 3.65. The number of amides is 2. The summed E-state index contributed by atoms with van der Waals surface area (Å²) in [5, 5.41) is 0. The average Bonchev–Trinajstić information content (AvgIpc) is 3.64. The van der Waals surface area contributed by atoms with E-state index < -0.39 is 0 Å². The summed E-state index contributed by atoms with van der Waals surface area (Å²) >= 11 is 1.48. The van der Waals surface area contributed by atoms with Gasteiger partial charge in [0, 0.05) is 31.1 Å². The number of carbonyl (C=O) groups excluding carboxylic acids is 2. The van der Waals surface area contributed by atoms with Gasteiger partial charge in [0.25, 0.3) is 0 Å². The first-order valence-electron chi connectivity index (χ1n) is 9.99. The summed E-state index contributed by atoms with van der Waals surface area (Å²) in [6.45, 7) is 2.47. The van der Waals surface area contributed by atoms with Crippen molar-refractivity contribution in [2.45, 2.75) is 23.7 Å². The molecule has 1 saturated heterocycles. The van der Waals surface area contributed by atoms with Crippen LogP contribution in [0.4, 0.5) is 0 Å². The third-order valence-corrected chi connectivity index (χ3v) is 6.12. The molecule has 2 fully saturated rings. The Labute approximate surface area is 177 Å². The van der Waals surface area contributed by atoms with Crippen LogP contribution in [0.1, 0.15) is 24.3 Å². The quantitative estimate of drug-likeness (QED) is 0.537. The van der Waals surface area contributed by atoms with Crippen LogP contribution in [0.2, 0.25) is 0 Å². The number of piperazine rings is 1. The number of rotatable bonds is 6. The van der Waals surface area contributed by atoms with Crippen LogP contribution in [0.15, 0.2) is 59.5 Å². The van der Waals surface area contributed by atoms with Gasteiger partial charge < -0.3 is 14.5 Å². The van der Waals surface area contributed by atoms with Crippen molar-refractivity contribution in [1.29, 1.82) is 0 Å². The monoisotopic (exact) mass is 412 g/mol. The first kappa shape index (κ1) is 21.2. The second-order valence-electron chi connectivity index (χ2n) is 7.15. The minimum absolute atomic E-state index is 0.103. The molecule has 2 aromatic rings. The van der Waals surface area contributed by atoms with Gasteiger partial charge in [-0.25, -0.2) is 0 Å². The van der Waals surface area contributed by atoms with E-state index in [4.69, 9.17) is 4.74 Å². The van der Waals surface area contributed by atoms with Gasteiger partial charge in [-0.2, -0.15) is 0 Å². The first-order valence-corrected chi connectivity index (χ1v) is 11.0. The summed E-state index contributed by atoms with van der Waals surface area (Å²) in [6, 6.07) is 18.4. The van der Waals surface area contributed by atoms with E-state index in [-0.39, 0.29) is 5.91 Å². The molecule has 0 unspecified atom stereocenters. The highest BCUT2D eigenvalue weighted by Crippen LogP contribution is 2.39. The summed E-state index contributed by atoms with van der Waals surface area (Å²) < 4.78 is 5.26. The topological polar surface area (TPSA) is 49.9 Å². The van der Waals surface area contributed by atoms with Gasteiger partial charge in [0.1, 0.15) is 5.75 Å². The molecule has 2 aliphatic rings. The Morgan fingerprint density at radius 3 is 2.31 bits per heavy atom. The van der Waals surface area contributed by atoms with Crippen LogP contribution in [0, 0.1) is 0 Å². The van der Waals surface area contributed by atoms with Crippen LogP contribution >= 0.6 is 11.8 Å². The van der Waals surface area contributed by atoms with Crippen LogP contribution in [0.5, 0.6) is 5.75 Å². The minimum atomic E-state index is 0.103. The molecule has 0 spiro atoms. The van der Waals surface area contributed by atoms with E-state index in [1.165, 1.54) is 30.2 Å². The molecule has 6 heteroatoms. The lowest BCUT2D eigenvalue weighted by Gasteiger charge is -2.32. The van der Waals surface area contributed by atoms with Crippen molar-refractivity contribution in [2.24, 2.45) is 0 Å². The summed E-state index contributed by atoms with van der Waals surface area (Å²) in [5.74, 6) is 2.19. The predicted molar refractivity (Wildman–Crippen MR) is 116 cm³/mol. The molecule has 4 rings (SSSR count). The summed E-state index contributed by atoms with van der Waals surface area (Å²) in [7, 11) is 1.62. The molecule has 154 valence electrons. The standard InChI is InChI=1S/C14H18N2O3S.C9H10/c1-19-12-4-2-3-5-13(12)20-10-14(18)16-8-6-15(11-17)7-9-16;1-2-4-8(5-3-1)9-6-7-9/h2-5,11H,6-10H2,1H3;1-5,9H,6-7H2. The zero-order valence-electron chi connectivity index (χ0n) is 16.8. The number of benzene rings is 2. The van der Waals surface area contributed by atoms with Gasteiger partial charge in [0.15, 0.2) is 0 Å². The molecule has 0 aromatic heterocycles. The highest BCUT2D eigenvalue weighted by atomic mass is 32.2.